The van der Waals surface area contributed by atoms with Crippen molar-refractivity contribution in [1.29, 1.82) is 0 Å². The molecule has 1 aromatic rings. The van der Waals surface area contributed by atoms with E-state index in [-0.39, 0.29) is 5.91 Å². The number of carbonyl (C=O) groups is 1. The number of amides is 1. The van der Waals surface area contributed by atoms with Gasteiger partial charge in [0.1, 0.15) is 11.5 Å². The van der Waals surface area contributed by atoms with Crippen molar-refractivity contribution < 1.29 is 28.8 Å². The van der Waals surface area contributed by atoms with Gasteiger partial charge in [0.25, 0.3) is 5.91 Å². The molecule has 2 rings (SSSR count). The maximum Gasteiger partial charge on any atom is 0.263 e. The van der Waals surface area contributed by atoms with Crippen molar-refractivity contribution in [2.24, 2.45) is 0 Å². The van der Waals surface area contributed by atoms with Crippen LogP contribution in [0.2, 0.25) is 6.32 Å². The third-order valence-electron chi connectivity index (χ3n) is 5.54. The van der Waals surface area contributed by atoms with Crippen LogP contribution in [0.4, 0.5) is 0 Å². The summed E-state index contributed by atoms with van der Waals surface area (Å²) in [7, 11) is 5.33. The molecule has 0 bridgehead atoms. The second-order valence-electron chi connectivity index (χ2n) is 7.75. The van der Waals surface area contributed by atoms with Crippen LogP contribution in [0, 0.1) is 20.8 Å². The average Bonchev–Trinajstić information content (AvgIpc) is 2.74. The lowest BCUT2D eigenvalue weighted by Crippen LogP contribution is -2.51. The van der Waals surface area contributed by atoms with E-state index < -0.39 is 5.60 Å². The molecule has 166 valence electrons. The molecule has 0 fully saturated rings. The molecule has 0 spiro atoms. The first-order valence-corrected chi connectivity index (χ1v) is 10.5. The number of hydrogen-bond acceptors (Lipinski definition) is 6. The standard InChI is InChI=1S/C22H34BNO6/c1-15-16(2)20-18(17(3)19(15)25)5-6-22(4,30-20)21(26)24-8-10-28-12-14-29-13-11-27-9-7-23/h25H,5-14H2,1-4H3,(H,24,26). The van der Waals surface area contributed by atoms with Crippen LogP contribution in [0.1, 0.15) is 35.6 Å². The van der Waals surface area contributed by atoms with E-state index in [1.54, 1.807) is 0 Å². The maximum absolute atomic E-state index is 12.7. The van der Waals surface area contributed by atoms with Crippen LogP contribution in [-0.2, 0) is 25.4 Å². The van der Waals surface area contributed by atoms with Crippen molar-refractivity contribution in [1.82, 2.24) is 5.32 Å². The topological polar surface area (TPSA) is 86.2 Å². The van der Waals surface area contributed by atoms with E-state index in [9.17, 15) is 9.90 Å². The first-order chi connectivity index (χ1) is 14.3. The zero-order chi connectivity index (χ0) is 22.1. The van der Waals surface area contributed by atoms with Crippen molar-refractivity contribution in [3.05, 3.63) is 22.3 Å². The molecule has 1 unspecified atom stereocenters. The number of rotatable bonds is 12. The molecule has 1 atom stereocenters. The van der Waals surface area contributed by atoms with Crippen LogP contribution < -0.4 is 10.1 Å². The third-order valence-corrected chi connectivity index (χ3v) is 5.54. The van der Waals surface area contributed by atoms with E-state index in [2.05, 4.69) is 5.32 Å². The van der Waals surface area contributed by atoms with Gasteiger partial charge in [-0.05, 0) is 50.8 Å². The number of aromatic hydroxyl groups is 1. The molecule has 1 aliphatic heterocycles. The summed E-state index contributed by atoms with van der Waals surface area (Å²) < 4.78 is 22.2. The lowest BCUT2D eigenvalue weighted by molar-refractivity contribution is -0.137. The van der Waals surface area contributed by atoms with Gasteiger partial charge in [0.2, 0.25) is 0 Å². The molecule has 0 saturated carbocycles. The first kappa shape index (κ1) is 24.5. The SMILES string of the molecule is [B]CCOCCOCCOCCNC(=O)C1(C)CCc2c(C)c(O)c(C)c(C)c2O1. The van der Waals surface area contributed by atoms with Crippen molar-refractivity contribution in [2.45, 2.75) is 52.5 Å². The number of phenols is 1. The Morgan fingerprint density at radius 3 is 2.27 bits per heavy atom. The molecule has 0 aromatic heterocycles. The summed E-state index contributed by atoms with van der Waals surface area (Å²) in [6.07, 6.45) is 1.74. The fourth-order valence-corrected chi connectivity index (χ4v) is 3.46. The fourth-order valence-electron chi connectivity index (χ4n) is 3.46. The number of fused-ring (bicyclic) bond motifs is 1. The Hall–Kier alpha value is -1.77. The van der Waals surface area contributed by atoms with Crippen LogP contribution in [0.5, 0.6) is 11.5 Å². The molecule has 2 N–H and O–H groups in total. The average molecular weight is 419 g/mol. The van der Waals surface area contributed by atoms with Crippen LogP contribution >= 0.6 is 0 Å². The van der Waals surface area contributed by atoms with E-state index in [1.165, 1.54) is 0 Å². The van der Waals surface area contributed by atoms with E-state index in [1.807, 2.05) is 27.7 Å². The highest BCUT2D eigenvalue weighted by Gasteiger charge is 2.40. The van der Waals surface area contributed by atoms with Gasteiger partial charge in [-0.25, -0.2) is 0 Å². The lowest BCUT2D eigenvalue weighted by atomic mass is 9.86. The van der Waals surface area contributed by atoms with Crippen LogP contribution in [0.3, 0.4) is 0 Å². The normalized spacial score (nSPS) is 18.0. The Bertz CT molecular complexity index is 726. The summed E-state index contributed by atoms with van der Waals surface area (Å²) in [5.74, 6) is 0.871. The van der Waals surface area contributed by atoms with Gasteiger partial charge >= 0.3 is 0 Å². The molecule has 1 amide bonds. The quantitative estimate of drug-likeness (QED) is 0.399. The second-order valence-corrected chi connectivity index (χ2v) is 7.75. The molecule has 30 heavy (non-hydrogen) atoms. The number of nitrogens with one attached hydrogen (secondary N) is 1. The molecule has 8 heteroatoms. The van der Waals surface area contributed by atoms with Gasteiger partial charge in [0, 0.05) is 25.1 Å². The molecule has 1 aliphatic rings. The second kappa shape index (κ2) is 11.6. The number of carbonyl (C=O) groups excluding carboxylic acids is 1. The molecule has 0 saturated heterocycles. The highest BCUT2D eigenvalue weighted by atomic mass is 16.5. The molecule has 1 aromatic carbocycles. The highest BCUT2D eigenvalue weighted by molar-refractivity contribution is 6.08. The molecule has 0 aliphatic carbocycles. The molecule has 7 nitrogen and oxygen atoms in total. The van der Waals surface area contributed by atoms with Gasteiger partial charge in [0.05, 0.1) is 40.9 Å². The minimum absolute atomic E-state index is 0.159. The van der Waals surface area contributed by atoms with Gasteiger partial charge in [-0.1, -0.05) is 6.32 Å². The van der Waals surface area contributed by atoms with Gasteiger partial charge in [0.15, 0.2) is 5.60 Å². The minimum atomic E-state index is -0.944. The Balaban J connectivity index is 1.73. The monoisotopic (exact) mass is 419 g/mol. The van der Waals surface area contributed by atoms with E-state index in [0.717, 1.165) is 28.0 Å². The van der Waals surface area contributed by atoms with Crippen molar-refractivity contribution in [3.63, 3.8) is 0 Å². The predicted octanol–water partition coefficient (Wildman–Crippen LogP) is 2.15. The summed E-state index contributed by atoms with van der Waals surface area (Å²) in [4.78, 5) is 12.7. The maximum atomic E-state index is 12.7. The summed E-state index contributed by atoms with van der Waals surface area (Å²) >= 11 is 0. The largest absolute Gasteiger partial charge is 0.507 e. The molecular formula is C22H34BNO6. The zero-order valence-electron chi connectivity index (χ0n) is 18.6. The van der Waals surface area contributed by atoms with Crippen LogP contribution in [0.15, 0.2) is 0 Å². The van der Waals surface area contributed by atoms with Crippen LogP contribution in [-0.4, -0.2) is 70.6 Å². The van der Waals surface area contributed by atoms with Crippen molar-refractivity contribution >= 4 is 13.8 Å². The van der Waals surface area contributed by atoms with Crippen molar-refractivity contribution in [2.75, 3.05) is 46.2 Å². The third kappa shape index (κ3) is 6.12. The lowest BCUT2D eigenvalue weighted by Gasteiger charge is -2.36. The minimum Gasteiger partial charge on any atom is -0.507 e. The molecule has 2 radical (unpaired) electrons. The number of ether oxygens (including phenoxy) is 4. The Labute approximate surface area is 180 Å². The Morgan fingerprint density at radius 1 is 1.03 bits per heavy atom. The summed E-state index contributed by atoms with van der Waals surface area (Å²) in [5, 5.41) is 13.2. The summed E-state index contributed by atoms with van der Waals surface area (Å²) in [5.41, 5.74) is 2.54. The highest BCUT2D eigenvalue weighted by Crippen LogP contribution is 2.43. The molecular weight excluding hydrogens is 385 g/mol. The van der Waals surface area contributed by atoms with Gasteiger partial charge in [-0.2, -0.15) is 0 Å². The molecule has 1 heterocycles. The Morgan fingerprint density at radius 2 is 1.63 bits per heavy atom. The Kier molecular flexibility index (Phi) is 9.46. The fraction of sp³-hybridized carbons (Fsp3) is 0.682. The van der Waals surface area contributed by atoms with E-state index in [4.69, 9.17) is 26.8 Å². The summed E-state index contributed by atoms with van der Waals surface area (Å²) in [6.45, 7) is 10.8. The summed E-state index contributed by atoms with van der Waals surface area (Å²) in [6, 6.07) is 0. The van der Waals surface area contributed by atoms with E-state index >= 15 is 0 Å². The number of benzene rings is 1. The number of hydrogen-bond donors (Lipinski definition) is 2. The van der Waals surface area contributed by atoms with Gasteiger partial charge in [-0.3, -0.25) is 4.79 Å². The van der Waals surface area contributed by atoms with Gasteiger partial charge in [-0.15, -0.1) is 0 Å². The zero-order valence-corrected chi connectivity index (χ0v) is 18.6. The van der Waals surface area contributed by atoms with Crippen LogP contribution in [0.25, 0.3) is 0 Å². The van der Waals surface area contributed by atoms with Crippen molar-refractivity contribution in [3.8, 4) is 11.5 Å². The van der Waals surface area contributed by atoms with E-state index in [0.29, 0.717) is 71.1 Å². The smallest absolute Gasteiger partial charge is 0.263 e. The first-order valence-electron chi connectivity index (χ1n) is 10.5. The van der Waals surface area contributed by atoms with Gasteiger partial charge < -0.3 is 29.4 Å². The number of phenolic OH excluding ortho intramolecular Hbond substituents is 1. The predicted molar refractivity (Wildman–Crippen MR) is 116 cm³/mol.